The van der Waals surface area contributed by atoms with Crippen molar-refractivity contribution in [1.82, 2.24) is 14.4 Å². The van der Waals surface area contributed by atoms with Crippen LogP contribution in [0.2, 0.25) is 0 Å². The summed E-state index contributed by atoms with van der Waals surface area (Å²) >= 11 is 0. The number of rotatable bonds is 2. The van der Waals surface area contributed by atoms with E-state index in [1.54, 1.807) is 0 Å². The zero-order chi connectivity index (χ0) is 13.4. The molecule has 0 saturated carbocycles. The Hall–Kier alpha value is -2.36. The minimum absolute atomic E-state index is 0.725. The molecule has 0 N–H and O–H groups in total. The van der Waals surface area contributed by atoms with Crippen molar-refractivity contribution in [2.24, 2.45) is 0 Å². The van der Waals surface area contributed by atoms with Gasteiger partial charge in [-0.15, -0.1) is 0 Å². The Labute approximate surface area is 112 Å². The van der Waals surface area contributed by atoms with Crippen LogP contribution in [0.3, 0.4) is 0 Å². The highest BCUT2D eigenvalue weighted by Crippen LogP contribution is 2.20. The third-order valence-corrected chi connectivity index (χ3v) is 3.08. The largest absolute Gasteiger partial charge is 0.363 e. The van der Waals surface area contributed by atoms with E-state index in [0.29, 0.717) is 0 Å². The third-order valence-electron chi connectivity index (χ3n) is 3.08. The van der Waals surface area contributed by atoms with Crippen LogP contribution in [-0.4, -0.2) is 28.5 Å². The van der Waals surface area contributed by atoms with Gasteiger partial charge in [-0.1, -0.05) is 23.8 Å². The van der Waals surface area contributed by atoms with Crippen LogP contribution >= 0.6 is 0 Å². The van der Waals surface area contributed by atoms with Crippen molar-refractivity contribution in [3.05, 3.63) is 48.3 Å². The maximum Gasteiger partial charge on any atom is 0.236 e. The summed E-state index contributed by atoms with van der Waals surface area (Å²) < 4.78 is 1.95. The second-order valence-corrected chi connectivity index (χ2v) is 4.88. The lowest BCUT2D eigenvalue weighted by Crippen LogP contribution is -2.10. The van der Waals surface area contributed by atoms with E-state index in [4.69, 9.17) is 0 Å². The molecule has 0 aliphatic heterocycles. The van der Waals surface area contributed by atoms with E-state index < -0.39 is 0 Å². The van der Waals surface area contributed by atoms with Crippen LogP contribution in [0, 0.1) is 6.92 Å². The molecule has 3 aromatic rings. The molecule has 0 spiro atoms. The number of fused-ring (bicyclic) bond motifs is 1. The van der Waals surface area contributed by atoms with Gasteiger partial charge in [0.05, 0.1) is 5.69 Å². The smallest absolute Gasteiger partial charge is 0.236 e. The van der Waals surface area contributed by atoms with E-state index in [-0.39, 0.29) is 0 Å². The van der Waals surface area contributed by atoms with Gasteiger partial charge < -0.3 is 4.90 Å². The molecular weight excluding hydrogens is 236 g/mol. The number of hydrogen-bond acceptors (Lipinski definition) is 3. The van der Waals surface area contributed by atoms with E-state index in [1.165, 1.54) is 5.56 Å². The highest BCUT2D eigenvalue weighted by molar-refractivity contribution is 5.62. The highest BCUT2D eigenvalue weighted by atomic mass is 15.2. The number of benzene rings is 1. The van der Waals surface area contributed by atoms with E-state index in [0.717, 1.165) is 22.9 Å². The molecular formula is C15H16N4. The van der Waals surface area contributed by atoms with Gasteiger partial charge in [0, 0.05) is 32.1 Å². The highest BCUT2D eigenvalue weighted by Gasteiger charge is 2.06. The van der Waals surface area contributed by atoms with Gasteiger partial charge in [0.15, 0.2) is 0 Å². The van der Waals surface area contributed by atoms with Gasteiger partial charge in [0.2, 0.25) is 5.78 Å². The number of anilines is 1. The molecule has 19 heavy (non-hydrogen) atoms. The maximum absolute atomic E-state index is 4.59. The Balaban J connectivity index is 2.11. The fourth-order valence-electron chi connectivity index (χ4n) is 2.06. The summed E-state index contributed by atoms with van der Waals surface area (Å²) in [6.07, 6.45) is 4.00. The average Bonchev–Trinajstić information content (AvgIpc) is 2.81. The number of imidazole rings is 1. The predicted molar refractivity (Wildman–Crippen MR) is 77.5 cm³/mol. The monoisotopic (exact) mass is 252 g/mol. The van der Waals surface area contributed by atoms with Crippen molar-refractivity contribution in [3.63, 3.8) is 0 Å². The van der Waals surface area contributed by atoms with Crippen LogP contribution in [0.1, 0.15) is 5.56 Å². The van der Waals surface area contributed by atoms with E-state index >= 15 is 0 Å². The molecule has 4 heteroatoms. The summed E-state index contributed by atoms with van der Waals surface area (Å²) in [6.45, 7) is 2.09. The zero-order valence-corrected chi connectivity index (χ0v) is 11.3. The molecule has 0 aliphatic rings. The average molecular weight is 252 g/mol. The minimum Gasteiger partial charge on any atom is -0.363 e. The molecule has 1 aromatic carbocycles. The lowest BCUT2D eigenvalue weighted by molar-refractivity contribution is 1.03. The van der Waals surface area contributed by atoms with Crippen LogP contribution in [0.25, 0.3) is 17.0 Å². The minimum atomic E-state index is 0.725. The first kappa shape index (κ1) is 11.7. The van der Waals surface area contributed by atoms with Gasteiger partial charge in [-0.05, 0) is 19.1 Å². The second-order valence-electron chi connectivity index (χ2n) is 4.88. The summed E-state index contributed by atoms with van der Waals surface area (Å²) in [5.74, 6) is 1.64. The molecule has 2 aromatic heterocycles. The van der Waals surface area contributed by atoms with Crippen molar-refractivity contribution >= 4 is 11.6 Å². The van der Waals surface area contributed by atoms with Crippen molar-refractivity contribution in [3.8, 4) is 11.3 Å². The molecule has 4 nitrogen and oxygen atoms in total. The van der Waals surface area contributed by atoms with Crippen molar-refractivity contribution in [1.29, 1.82) is 0 Å². The summed E-state index contributed by atoms with van der Waals surface area (Å²) in [7, 11) is 3.95. The standard InChI is InChI=1S/C15H16N4/c1-11-5-4-6-12(9-11)13-10-19-8-7-14(18(2)3)17-15(19)16-13/h4-10H,1-3H3. The number of aryl methyl sites for hydroxylation is 1. The molecule has 0 bridgehead atoms. The summed E-state index contributed by atoms with van der Waals surface area (Å²) in [5.41, 5.74) is 3.31. The van der Waals surface area contributed by atoms with Gasteiger partial charge in [-0.25, -0.2) is 4.98 Å². The topological polar surface area (TPSA) is 33.4 Å². The fourth-order valence-corrected chi connectivity index (χ4v) is 2.06. The molecule has 0 saturated heterocycles. The van der Waals surface area contributed by atoms with Crippen molar-refractivity contribution in [2.75, 3.05) is 19.0 Å². The molecule has 2 heterocycles. The molecule has 0 fully saturated rings. The van der Waals surface area contributed by atoms with Crippen LogP contribution in [0.15, 0.2) is 42.7 Å². The van der Waals surface area contributed by atoms with Crippen molar-refractivity contribution in [2.45, 2.75) is 6.92 Å². The van der Waals surface area contributed by atoms with Gasteiger partial charge in [0.25, 0.3) is 0 Å². The van der Waals surface area contributed by atoms with Gasteiger partial charge in [-0.3, -0.25) is 4.40 Å². The molecule has 0 radical (unpaired) electrons. The Morgan fingerprint density at radius 1 is 1.11 bits per heavy atom. The fraction of sp³-hybridized carbons (Fsp3) is 0.200. The molecule has 3 rings (SSSR count). The summed E-state index contributed by atoms with van der Waals surface area (Å²) in [4.78, 5) is 11.1. The molecule has 0 aliphatic carbocycles. The second kappa shape index (κ2) is 4.39. The van der Waals surface area contributed by atoms with Crippen LogP contribution < -0.4 is 4.90 Å². The lowest BCUT2D eigenvalue weighted by atomic mass is 10.1. The van der Waals surface area contributed by atoms with Gasteiger partial charge >= 0.3 is 0 Å². The number of nitrogens with zero attached hydrogens (tertiary/aromatic N) is 4. The zero-order valence-electron chi connectivity index (χ0n) is 11.3. The number of aromatic nitrogens is 3. The van der Waals surface area contributed by atoms with Crippen LogP contribution in [0.5, 0.6) is 0 Å². The first-order valence-corrected chi connectivity index (χ1v) is 6.23. The quantitative estimate of drug-likeness (QED) is 0.703. The third kappa shape index (κ3) is 2.17. The summed E-state index contributed by atoms with van der Waals surface area (Å²) in [6, 6.07) is 10.3. The molecule has 0 unspecified atom stereocenters. The Morgan fingerprint density at radius 2 is 1.95 bits per heavy atom. The van der Waals surface area contributed by atoms with E-state index in [2.05, 4.69) is 35.1 Å². The van der Waals surface area contributed by atoms with E-state index in [9.17, 15) is 0 Å². The molecule has 96 valence electrons. The first-order valence-electron chi connectivity index (χ1n) is 6.23. The Morgan fingerprint density at radius 3 is 2.68 bits per heavy atom. The lowest BCUT2D eigenvalue weighted by Gasteiger charge is -2.09. The first-order chi connectivity index (χ1) is 9.13. The van der Waals surface area contributed by atoms with Crippen LogP contribution in [-0.2, 0) is 0 Å². The normalized spacial score (nSPS) is 10.9. The maximum atomic E-state index is 4.59. The van der Waals surface area contributed by atoms with Gasteiger partial charge in [0.1, 0.15) is 5.82 Å². The predicted octanol–water partition coefficient (Wildman–Crippen LogP) is 2.77. The van der Waals surface area contributed by atoms with Gasteiger partial charge in [-0.2, -0.15) is 4.98 Å². The SMILES string of the molecule is Cc1cccc(-c2cn3ccc(N(C)C)nc3n2)c1. The Bertz CT molecular complexity index is 728. The number of hydrogen-bond donors (Lipinski definition) is 0. The van der Waals surface area contributed by atoms with Crippen LogP contribution in [0.4, 0.5) is 5.82 Å². The Kier molecular flexibility index (Phi) is 2.71. The van der Waals surface area contributed by atoms with E-state index in [1.807, 2.05) is 47.9 Å². The molecule has 0 atom stereocenters. The molecule has 0 amide bonds. The van der Waals surface area contributed by atoms with Crippen molar-refractivity contribution < 1.29 is 0 Å². The summed E-state index contributed by atoms with van der Waals surface area (Å²) in [5, 5.41) is 0.